The predicted molar refractivity (Wildman–Crippen MR) is 193 cm³/mol. The number of aromatic nitrogens is 3. The quantitative estimate of drug-likeness (QED) is 0.108. The zero-order valence-electron chi connectivity index (χ0n) is 29.1. The Morgan fingerprint density at radius 2 is 1.98 bits per heavy atom. The molecule has 11 nitrogen and oxygen atoms in total. The number of alkyl halides is 4. The third-order valence-electron chi connectivity index (χ3n) is 10.2. The summed E-state index contributed by atoms with van der Waals surface area (Å²) >= 11 is 0.618. The third kappa shape index (κ3) is 6.43. The maximum Gasteiger partial charge on any atom is 0.420 e. The van der Waals surface area contributed by atoms with Crippen LogP contribution in [0.1, 0.15) is 48.4 Å². The average Bonchev–Trinajstić information content (AvgIpc) is 3.76. The van der Waals surface area contributed by atoms with E-state index in [-0.39, 0.29) is 46.0 Å². The second-order valence-electron chi connectivity index (χ2n) is 13.9. The topological polar surface area (TPSA) is 162 Å². The van der Waals surface area contributed by atoms with Crippen LogP contribution in [0, 0.1) is 23.0 Å². The molecule has 3 aromatic heterocycles. The number of pyridine rings is 1. The molecule has 0 amide bonds. The van der Waals surface area contributed by atoms with E-state index in [1.807, 2.05) is 23.9 Å². The van der Waals surface area contributed by atoms with Gasteiger partial charge in [0.25, 0.3) is 0 Å². The van der Waals surface area contributed by atoms with E-state index in [4.69, 9.17) is 16.2 Å². The van der Waals surface area contributed by atoms with Crippen molar-refractivity contribution < 1.29 is 36.2 Å². The van der Waals surface area contributed by atoms with E-state index < -0.39 is 80.7 Å². The van der Waals surface area contributed by atoms with Gasteiger partial charge in [-0.2, -0.15) is 28.4 Å². The van der Waals surface area contributed by atoms with Crippen LogP contribution in [0.4, 0.5) is 43.0 Å². The van der Waals surface area contributed by atoms with Crippen LogP contribution in [0.5, 0.6) is 11.8 Å². The number of hydrogen-bond acceptors (Lipinski definition) is 12. The van der Waals surface area contributed by atoms with Crippen LogP contribution >= 0.6 is 11.3 Å². The molecule has 2 saturated heterocycles. The van der Waals surface area contributed by atoms with E-state index in [9.17, 15) is 14.8 Å². The number of nitrogen functional groups attached to an aromatic ring is 2. The normalized spacial score (nSPS) is 19.4. The molecule has 0 radical (unpaired) electrons. The monoisotopic (exact) mass is 771 g/mol. The number of nitrogens with one attached hydrogen (secondary N) is 1. The molecule has 5 heterocycles. The maximum absolute atomic E-state index is 17.3. The highest BCUT2D eigenvalue weighted by molar-refractivity contribution is 7.23. The van der Waals surface area contributed by atoms with Gasteiger partial charge in [-0.15, -0.1) is 11.3 Å². The first-order chi connectivity index (χ1) is 25.6. The van der Waals surface area contributed by atoms with Crippen molar-refractivity contribution in [2.24, 2.45) is 0 Å². The number of fused-ring (bicyclic) bond motifs is 3. The molecule has 2 fully saturated rings. The van der Waals surface area contributed by atoms with Gasteiger partial charge < -0.3 is 31.5 Å². The number of nitrogens with zero attached hydrogens (tertiary/aromatic N) is 6. The number of ether oxygens (including phenoxy) is 1. The minimum absolute atomic E-state index is 0.0998. The standard InChI is InChI=1S/C36H35F6N9O2S/c1-50(2)12-8-22(18-5-3-10-46-31(18)44)47-33-25-28(48-34(49-33)53-16-35-9-4-11-51(35)15-17(37)13-35)27(39)24(26(29(25)52)36(40,41)42)19-6-7-21(38)30-23(19)20(14-43)32(45)54-30/h3,5-7,10,17,22,52H,4,8-9,11-13,15-16,45H2,1-2H3,(H2,44,46)(H,47,48,49)/t17-,22-,35+/m1/s1. The highest BCUT2D eigenvalue weighted by Crippen LogP contribution is 2.52. The van der Waals surface area contributed by atoms with E-state index in [0.717, 1.165) is 18.6 Å². The van der Waals surface area contributed by atoms with Crippen molar-refractivity contribution in [1.82, 2.24) is 24.8 Å². The lowest BCUT2D eigenvalue weighted by Crippen LogP contribution is -2.43. The fourth-order valence-electron chi connectivity index (χ4n) is 7.73. The van der Waals surface area contributed by atoms with Gasteiger partial charge in [0.1, 0.15) is 58.1 Å². The number of nitriles is 1. The summed E-state index contributed by atoms with van der Waals surface area (Å²) in [5, 5.41) is 23.4. The zero-order valence-corrected chi connectivity index (χ0v) is 29.9. The van der Waals surface area contributed by atoms with Crippen molar-refractivity contribution in [2.75, 3.05) is 57.1 Å². The highest BCUT2D eigenvalue weighted by Gasteiger charge is 2.49. The number of phenolic OH excluding ortho intramolecular Hbond substituents is 1. The van der Waals surface area contributed by atoms with Crippen LogP contribution in [0.15, 0.2) is 30.5 Å². The lowest BCUT2D eigenvalue weighted by atomic mass is 9.91. The number of benzene rings is 2. The molecule has 284 valence electrons. The fourth-order valence-corrected chi connectivity index (χ4v) is 8.68. The van der Waals surface area contributed by atoms with Crippen molar-refractivity contribution in [3.63, 3.8) is 0 Å². The van der Waals surface area contributed by atoms with E-state index in [1.54, 1.807) is 18.2 Å². The SMILES string of the molecule is CN(C)CC[C@@H](Nc1nc(OC[C@@]23CCCN2C[C@H](F)C3)nc2c(F)c(-c3ccc(F)c4sc(N)c(C#N)c34)c(C(F)(F)F)c(O)c12)c1cccnc1N. The van der Waals surface area contributed by atoms with Crippen LogP contribution in [0.25, 0.3) is 32.1 Å². The van der Waals surface area contributed by atoms with Gasteiger partial charge in [-0.3, -0.25) is 4.90 Å². The Kier molecular flexibility index (Phi) is 9.61. The van der Waals surface area contributed by atoms with Crippen LogP contribution in [0.3, 0.4) is 0 Å². The predicted octanol–water partition coefficient (Wildman–Crippen LogP) is 7.01. The molecule has 5 aromatic rings. The molecule has 0 unspecified atom stereocenters. The highest BCUT2D eigenvalue weighted by atomic mass is 32.1. The number of nitrogens with two attached hydrogens (primary N) is 2. The Bertz CT molecular complexity index is 2310. The summed E-state index contributed by atoms with van der Waals surface area (Å²) in [6, 6.07) is 5.55. The van der Waals surface area contributed by atoms with Crippen molar-refractivity contribution in [3.8, 4) is 29.0 Å². The van der Waals surface area contributed by atoms with E-state index in [1.165, 1.54) is 6.20 Å². The van der Waals surface area contributed by atoms with Gasteiger partial charge in [0.15, 0.2) is 5.82 Å². The summed E-state index contributed by atoms with van der Waals surface area (Å²) in [7, 11) is 3.63. The first-order valence-corrected chi connectivity index (χ1v) is 17.8. The fraction of sp³-hybridized carbons (Fsp3) is 0.389. The number of aromatic hydroxyl groups is 1. The lowest BCUT2D eigenvalue weighted by Gasteiger charge is -2.31. The number of rotatable bonds is 10. The Labute approximate surface area is 309 Å². The number of thiophene rings is 1. The first-order valence-electron chi connectivity index (χ1n) is 17.0. The molecule has 7 rings (SSSR count). The number of hydrogen-bond donors (Lipinski definition) is 4. The Hall–Kier alpha value is -5.12. The Morgan fingerprint density at radius 1 is 1.20 bits per heavy atom. The molecule has 18 heteroatoms. The van der Waals surface area contributed by atoms with E-state index in [2.05, 4.69) is 20.3 Å². The summed E-state index contributed by atoms with van der Waals surface area (Å²) in [6.45, 7) is 1.21. The van der Waals surface area contributed by atoms with Crippen LogP contribution in [-0.4, -0.2) is 81.9 Å². The zero-order chi connectivity index (χ0) is 38.7. The summed E-state index contributed by atoms with van der Waals surface area (Å²) in [5.74, 6) is -4.17. The summed E-state index contributed by atoms with van der Waals surface area (Å²) in [5.41, 5.74) is 7.30. The molecule has 6 N–H and O–H groups in total. The summed E-state index contributed by atoms with van der Waals surface area (Å²) in [4.78, 5) is 16.6. The van der Waals surface area contributed by atoms with Gasteiger partial charge in [-0.1, -0.05) is 12.1 Å². The van der Waals surface area contributed by atoms with Gasteiger partial charge in [0, 0.05) is 35.7 Å². The van der Waals surface area contributed by atoms with Crippen LogP contribution in [-0.2, 0) is 6.18 Å². The van der Waals surface area contributed by atoms with Crippen LogP contribution in [0.2, 0.25) is 0 Å². The van der Waals surface area contributed by atoms with E-state index in [0.29, 0.717) is 42.8 Å². The van der Waals surface area contributed by atoms with Crippen molar-refractivity contribution in [1.29, 1.82) is 5.26 Å². The minimum Gasteiger partial charge on any atom is -0.506 e. The minimum atomic E-state index is -5.40. The molecule has 2 aliphatic rings. The van der Waals surface area contributed by atoms with Crippen LogP contribution < -0.4 is 21.5 Å². The van der Waals surface area contributed by atoms with Crippen molar-refractivity contribution in [2.45, 2.75) is 49.6 Å². The van der Waals surface area contributed by atoms with Gasteiger partial charge in [-0.25, -0.2) is 18.2 Å². The number of phenols is 1. The van der Waals surface area contributed by atoms with Crippen molar-refractivity contribution >= 4 is 49.0 Å². The third-order valence-corrected chi connectivity index (χ3v) is 11.2. The molecule has 54 heavy (non-hydrogen) atoms. The maximum atomic E-state index is 17.3. The molecule has 0 bridgehead atoms. The van der Waals surface area contributed by atoms with Gasteiger partial charge >= 0.3 is 12.2 Å². The smallest absolute Gasteiger partial charge is 0.420 e. The first kappa shape index (κ1) is 37.2. The molecule has 2 aliphatic heterocycles. The van der Waals surface area contributed by atoms with Crippen molar-refractivity contribution in [3.05, 3.63) is 58.8 Å². The number of halogens is 6. The van der Waals surface area contributed by atoms with E-state index >= 15 is 22.0 Å². The molecular weight excluding hydrogens is 737 g/mol. The summed E-state index contributed by atoms with van der Waals surface area (Å²) in [6.07, 6.45) is -3.15. The molecule has 0 aliphatic carbocycles. The van der Waals surface area contributed by atoms with Gasteiger partial charge in [0.05, 0.1) is 27.2 Å². The molecule has 2 aromatic carbocycles. The Morgan fingerprint density at radius 3 is 2.69 bits per heavy atom. The molecular formula is C36H35F6N9O2S. The van der Waals surface area contributed by atoms with Gasteiger partial charge in [0.2, 0.25) is 0 Å². The summed E-state index contributed by atoms with van der Waals surface area (Å²) < 4.78 is 98.2. The molecule has 3 atom stereocenters. The number of anilines is 3. The second kappa shape index (κ2) is 13.9. The molecule has 0 spiro atoms. The van der Waals surface area contributed by atoms with Gasteiger partial charge in [-0.05, 0) is 64.1 Å². The second-order valence-corrected chi connectivity index (χ2v) is 14.9. The average molecular weight is 772 g/mol. The lowest BCUT2D eigenvalue weighted by molar-refractivity contribution is -0.138. The Balaban J connectivity index is 1.49. The largest absolute Gasteiger partial charge is 0.506 e. The molecule has 0 saturated carbocycles.